The molecular formula is C14H21ClN2O2. The van der Waals surface area contributed by atoms with Gasteiger partial charge in [-0.15, -0.1) is 12.4 Å². The number of nitrogens with one attached hydrogen (secondary N) is 2. The van der Waals surface area contributed by atoms with Crippen LogP contribution in [0.5, 0.6) is 5.75 Å². The minimum absolute atomic E-state index is 0. The van der Waals surface area contributed by atoms with Crippen molar-refractivity contribution in [2.24, 2.45) is 5.41 Å². The first kappa shape index (κ1) is 15.8. The van der Waals surface area contributed by atoms with E-state index in [9.17, 15) is 9.90 Å². The number of carbonyl (C=O) groups excluding carboxylic acids is 1. The summed E-state index contributed by atoms with van der Waals surface area (Å²) in [6.07, 6.45) is 1.70. The van der Waals surface area contributed by atoms with Crippen molar-refractivity contribution >= 4 is 24.0 Å². The fourth-order valence-electron chi connectivity index (χ4n) is 2.19. The molecule has 1 amide bonds. The molecule has 1 heterocycles. The van der Waals surface area contributed by atoms with Crippen molar-refractivity contribution in [3.05, 3.63) is 23.8 Å². The van der Waals surface area contributed by atoms with Gasteiger partial charge in [-0.25, -0.2) is 0 Å². The molecule has 0 aliphatic carbocycles. The maximum atomic E-state index is 12.2. The highest BCUT2D eigenvalue weighted by Crippen LogP contribution is 2.30. The second kappa shape index (κ2) is 6.26. The van der Waals surface area contributed by atoms with Gasteiger partial charge in [0.05, 0.1) is 11.1 Å². The van der Waals surface area contributed by atoms with Crippen molar-refractivity contribution in [3.63, 3.8) is 0 Å². The third kappa shape index (κ3) is 3.39. The fourth-order valence-corrected chi connectivity index (χ4v) is 2.19. The monoisotopic (exact) mass is 284 g/mol. The van der Waals surface area contributed by atoms with E-state index in [1.165, 1.54) is 0 Å². The zero-order chi connectivity index (χ0) is 13.2. The van der Waals surface area contributed by atoms with Crippen LogP contribution in [0.1, 0.15) is 25.8 Å². The number of rotatable bonds is 3. The summed E-state index contributed by atoms with van der Waals surface area (Å²) >= 11 is 0. The van der Waals surface area contributed by atoms with E-state index in [4.69, 9.17) is 0 Å². The molecule has 2 rings (SSSR count). The van der Waals surface area contributed by atoms with Crippen molar-refractivity contribution < 1.29 is 9.90 Å². The molecule has 3 N–H and O–H groups in total. The molecule has 0 radical (unpaired) electrons. The number of hydrogen-bond donors (Lipinski definition) is 3. The van der Waals surface area contributed by atoms with Gasteiger partial charge in [-0.05, 0) is 44.0 Å². The van der Waals surface area contributed by atoms with Crippen LogP contribution in [0.3, 0.4) is 0 Å². The van der Waals surface area contributed by atoms with Gasteiger partial charge in [0.1, 0.15) is 5.75 Å². The van der Waals surface area contributed by atoms with E-state index in [-0.39, 0.29) is 29.5 Å². The normalized spacial score (nSPS) is 21.8. The third-order valence-electron chi connectivity index (χ3n) is 3.63. The molecule has 0 bridgehead atoms. The second-order valence-corrected chi connectivity index (χ2v) is 5.15. The maximum absolute atomic E-state index is 12.2. The number of benzene rings is 1. The topological polar surface area (TPSA) is 61.4 Å². The van der Waals surface area contributed by atoms with Gasteiger partial charge in [0.25, 0.3) is 0 Å². The van der Waals surface area contributed by atoms with Crippen LogP contribution >= 0.6 is 12.4 Å². The Balaban J connectivity index is 0.00000180. The quantitative estimate of drug-likeness (QED) is 0.747. The Morgan fingerprint density at radius 3 is 2.84 bits per heavy atom. The summed E-state index contributed by atoms with van der Waals surface area (Å²) in [4.78, 5) is 12.2. The summed E-state index contributed by atoms with van der Waals surface area (Å²) in [6, 6.07) is 5.33. The predicted octanol–water partition coefficient (Wildman–Crippen LogP) is 2.31. The molecule has 1 saturated heterocycles. The molecule has 1 aromatic carbocycles. The van der Waals surface area contributed by atoms with E-state index < -0.39 is 0 Å². The lowest BCUT2D eigenvalue weighted by Crippen LogP contribution is -2.35. The number of carbonyl (C=O) groups is 1. The average molecular weight is 285 g/mol. The maximum Gasteiger partial charge on any atom is 0.231 e. The van der Waals surface area contributed by atoms with Crippen molar-refractivity contribution in [2.75, 3.05) is 18.4 Å². The van der Waals surface area contributed by atoms with E-state index in [2.05, 4.69) is 10.6 Å². The molecule has 1 unspecified atom stereocenters. The zero-order valence-electron chi connectivity index (χ0n) is 11.3. The molecule has 0 saturated carbocycles. The molecule has 1 fully saturated rings. The molecule has 5 heteroatoms. The Labute approximate surface area is 120 Å². The molecule has 1 aromatic rings. The van der Waals surface area contributed by atoms with Gasteiger partial charge in [-0.1, -0.05) is 13.0 Å². The number of phenols is 1. The smallest absolute Gasteiger partial charge is 0.231 e. The van der Waals surface area contributed by atoms with Crippen LogP contribution in [0.15, 0.2) is 18.2 Å². The molecule has 106 valence electrons. The first-order valence-corrected chi connectivity index (χ1v) is 6.39. The number of aromatic hydroxyl groups is 1. The lowest BCUT2D eigenvalue weighted by Gasteiger charge is -2.22. The summed E-state index contributed by atoms with van der Waals surface area (Å²) in [7, 11) is 0. The molecule has 1 aliphatic rings. The summed E-state index contributed by atoms with van der Waals surface area (Å²) in [5, 5.41) is 15.8. The van der Waals surface area contributed by atoms with Crippen molar-refractivity contribution in [2.45, 2.75) is 26.7 Å². The van der Waals surface area contributed by atoms with Gasteiger partial charge in [0.2, 0.25) is 5.91 Å². The van der Waals surface area contributed by atoms with Crippen LogP contribution < -0.4 is 10.6 Å². The van der Waals surface area contributed by atoms with E-state index in [0.717, 1.165) is 24.9 Å². The van der Waals surface area contributed by atoms with Crippen LogP contribution in [0, 0.1) is 5.41 Å². The Kier molecular flexibility index (Phi) is 5.20. The van der Waals surface area contributed by atoms with Gasteiger partial charge in [0, 0.05) is 6.54 Å². The summed E-state index contributed by atoms with van der Waals surface area (Å²) < 4.78 is 0. The standard InChI is InChI=1S/C14H20N2O2.ClH/c1-3-10-4-5-12(17)11(8-10)16-13(18)14(2)6-7-15-9-14;/h4-5,8,15,17H,3,6-7,9H2,1-2H3,(H,16,18);1H. The lowest BCUT2D eigenvalue weighted by molar-refractivity contribution is -0.123. The highest BCUT2D eigenvalue weighted by molar-refractivity contribution is 5.96. The third-order valence-corrected chi connectivity index (χ3v) is 3.63. The van der Waals surface area contributed by atoms with E-state index in [1.807, 2.05) is 26.0 Å². The number of amides is 1. The number of phenolic OH excluding ortho intramolecular Hbond substituents is 1. The van der Waals surface area contributed by atoms with Gasteiger partial charge in [-0.2, -0.15) is 0 Å². The van der Waals surface area contributed by atoms with Crippen molar-refractivity contribution in [1.82, 2.24) is 5.32 Å². The lowest BCUT2D eigenvalue weighted by atomic mass is 9.88. The number of aryl methyl sites for hydroxylation is 1. The largest absolute Gasteiger partial charge is 0.506 e. The van der Waals surface area contributed by atoms with Gasteiger partial charge in [0.15, 0.2) is 0 Å². The summed E-state index contributed by atoms with van der Waals surface area (Å²) in [6.45, 7) is 5.54. The summed E-state index contributed by atoms with van der Waals surface area (Å²) in [5.74, 6) is 0.0890. The van der Waals surface area contributed by atoms with Crippen LogP contribution in [0.2, 0.25) is 0 Å². The van der Waals surface area contributed by atoms with Crippen LogP contribution in [-0.2, 0) is 11.2 Å². The molecule has 0 aromatic heterocycles. The van der Waals surface area contributed by atoms with E-state index in [1.54, 1.807) is 6.07 Å². The minimum Gasteiger partial charge on any atom is -0.506 e. The van der Waals surface area contributed by atoms with Gasteiger partial charge >= 0.3 is 0 Å². The van der Waals surface area contributed by atoms with Gasteiger partial charge < -0.3 is 15.7 Å². The molecule has 1 aliphatic heterocycles. The van der Waals surface area contributed by atoms with Crippen LogP contribution in [0.25, 0.3) is 0 Å². The Bertz CT molecular complexity index is 457. The van der Waals surface area contributed by atoms with Crippen molar-refractivity contribution in [3.8, 4) is 5.75 Å². The van der Waals surface area contributed by atoms with Crippen LogP contribution in [0.4, 0.5) is 5.69 Å². The van der Waals surface area contributed by atoms with E-state index >= 15 is 0 Å². The molecular weight excluding hydrogens is 264 g/mol. The number of hydrogen-bond acceptors (Lipinski definition) is 3. The average Bonchev–Trinajstić information content (AvgIpc) is 2.80. The van der Waals surface area contributed by atoms with Crippen LogP contribution in [-0.4, -0.2) is 24.1 Å². The summed E-state index contributed by atoms with van der Waals surface area (Å²) in [5.41, 5.74) is 1.22. The minimum atomic E-state index is -0.380. The molecule has 4 nitrogen and oxygen atoms in total. The number of halogens is 1. The molecule has 19 heavy (non-hydrogen) atoms. The Hall–Kier alpha value is -1.26. The number of anilines is 1. The first-order chi connectivity index (χ1) is 8.55. The predicted molar refractivity (Wildman–Crippen MR) is 79.0 cm³/mol. The Morgan fingerprint density at radius 2 is 2.26 bits per heavy atom. The molecule has 1 atom stereocenters. The first-order valence-electron chi connectivity index (χ1n) is 6.39. The molecule has 0 spiro atoms. The SMILES string of the molecule is CCc1ccc(O)c(NC(=O)C2(C)CCNC2)c1.Cl. The zero-order valence-corrected chi connectivity index (χ0v) is 12.1. The van der Waals surface area contributed by atoms with Gasteiger partial charge in [-0.3, -0.25) is 4.79 Å². The van der Waals surface area contributed by atoms with Crippen molar-refractivity contribution in [1.29, 1.82) is 0 Å². The van der Waals surface area contributed by atoms with E-state index in [0.29, 0.717) is 12.2 Å². The second-order valence-electron chi connectivity index (χ2n) is 5.15. The Morgan fingerprint density at radius 1 is 1.53 bits per heavy atom. The highest BCUT2D eigenvalue weighted by atomic mass is 35.5. The highest BCUT2D eigenvalue weighted by Gasteiger charge is 2.36. The fraction of sp³-hybridized carbons (Fsp3) is 0.500.